The van der Waals surface area contributed by atoms with E-state index in [4.69, 9.17) is 4.74 Å². The van der Waals surface area contributed by atoms with E-state index >= 15 is 0 Å². The zero-order valence-electron chi connectivity index (χ0n) is 17.8. The lowest BCUT2D eigenvalue weighted by molar-refractivity contribution is 0.0844. The standard InChI is InChI=1S/C25H22N4O3/c1-16-12-20(13-17(2)23(16)32-15-18-6-5-11-26-14-18)24(30)28-29-25(31)22-10-9-19-7-3-4-8-21(19)27-22/h3-14H,15H2,1-2H3,(H,28,30)(H,29,31). The third-order valence-electron chi connectivity index (χ3n) is 4.95. The minimum atomic E-state index is -0.492. The van der Waals surface area contributed by atoms with Crippen molar-refractivity contribution in [1.29, 1.82) is 0 Å². The summed E-state index contributed by atoms with van der Waals surface area (Å²) in [5, 5.41) is 0.935. The molecule has 0 unspecified atom stereocenters. The van der Waals surface area contributed by atoms with Crippen LogP contribution in [-0.4, -0.2) is 21.8 Å². The number of hydrogen-bond acceptors (Lipinski definition) is 5. The number of hydrazine groups is 1. The zero-order valence-corrected chi connectivity index (χ0v) is 17.8. The lowest BCUT2D eigenvalue weighted by Gasteiger charge is -2.14. The predicted octanol–water partition coefficient (Wildman–Crippen LogP) is 3.90. The fourth-order valence-corrected chi connectivity index (χ4v) is 3.39. The Morgan fingerprint density at radius 1 is 0.906 bits per heavy atom. The number of benzene rings is 2. The third-order valence-corrected chi connectivity index (χ3v) is 4.95. The quantitative estimate of drug-likeness (QED) is 0.472. The molecule has 2 aromatic carbocycles. The molecule has 2 N–H and O–H groups in total. The second-order valence-electron chi connectivity index (χ2n) is 7.39. The smallest absolute Gasteiger partial charge is 0.288 e. The highest BCUT2D eigenvalue weighted by molar-refractivity contribution is 5.99. The van der Waals surface area contributed by atoms with Gasteiger partial charge in [-0.25, -0.2) is 4.98 Å². The SMILES string of the molecule is Cc1cc(C(=O)NNC(=O)c2ccc3ccccc3n2)cc(C)c1OCc1cccnc1. The number of ether oxygens (including phenoxy) is 1. The van der Waals surface area contributed by atoms with Gasteiger partial charge in [-0.2, -0.15) is 0 Å². The number of amides is 2. The fourth-order valence-electron chi connectivity index (χ4n) is 3.39. The van der Waals surface area contributed by atoms with Crippen LogP contribution in [0, 0.1) is 13.8 Å². The molecule has 160 valence electrons. The van der Waals surface area contributed by atoms with Gasteiger partial charge in [0.2, 0.25) is 0 Å². The number of aromatic nitrogens is 2. The van der Waals surface area contributed by atoms with Crippen LogP contribution in [0.1, 0.15) is 37.5 Å². The minimum absolute atomic E-state index is 0.218. The van der Waals surface area contributed by atoms with E-state index in [0.717, 1.165) is 27.8 Å². The van der Waals surface area contributed by atoms with Crippen LogP contribution in [-0.2, 0) is 6.61 Å². The fraction of sp³-hybridized carbons (Fsp3) is 0.120. The molecule has 0 aliphatic heterocycles. The Bertz CT molecular complexity index is 1270. The van der Waals surface area contributed by atoms with Crippen LogP contribution in [0.25, 0.3) is 10.9 Å². The van der Waals surface area contributed by atoms with E-state index < -0.39 is 11.8 Å². The number of rotatable bonds is 5. The topological polar surface area (TPSA) is 93.2 Å². The molecule has 0 fully saturated rings. The van der Waals surface area contributed by atoms with Crippen LogP contribution in [0.4, 0.5) is 0 Å². The number of fused-ring (bicyclic) bond motifs is 1. The Hall–Kier alpha value is -4.26. The molecule has 0 saturated heterocycles. The van der Waals surface area contributed by atoms with Crippen molar-refractivity contribution < 1.29 is 14.3 Å². The van der Waals surface area contributed by atoms with Crippen LogP contribution in [0.3, 0.4) is 0 Å². The number of hydrogen-bond donors (Lipinski definition) is 2. The van der Waals surface area contributed by atoms with Crippen molar-refractivity contribution >= 4 is 22.7 Å². The number of carbonyl (C=O) groups excluding carboxylic acids is 2. The summed E-state index contributed by atoms with van der Waals surface area (Å²) >= 11 is 0. The van der Waals surface area contributed by atoms with Crippen molar-refractivity contribution in [2.24, 2.45) is 0 Å². The Labute approximate surface area is 185 Å². The first kappa shape index (κ1) is 21.0. The summed E-state index contributed by atoms with van der Waals surface area (Å²) in [5.41, 5.74) is 8.81. The van der Waals surface area contributed by atoms with Gasteiger partial charge in [0.1, 0.15) is 18.1 Å². The van der Waals surface area contributed by atoms with E-state index in [2.05, 4.69) is 20.8 Å². The normalized spacial score (nSPS) is 10.6. The van der Waals surface area contributed by atoms with Crippen molar-refractivity contribution in [3.05, 3.63) is 101 Å². The Kier molecular flexibility index (Phi) is 6.07. The summed E-state index contributed by atoms with van der Waals surface area (Å²) in [6, 6.07) is 18.2. The predicted molar refractivity (Wildman–Crippen MR) is 121 cm³/mol. The third kappa shape index (κ3) is 4.73. The van der Waals surface area contributed by atoms with Gasteiger partial charge in [-0.3, -0.25) is 25.4 Å². The maximum Gasteiger partial charge on any atom is 0.288 e. The number of nitrogens with zero attached hydrogens (tertiary/aromatic N) is 2. The summed E-state index contributed by atoms with van der Waals surface area (Å²) in [6.45, 7) is 4.13. The summed E-state index contributed by atoms with van der Waals surface area (Å²) in [7, 11) is 0. The highest BCUT2D eigenvalue weighted by atomic mass is 16.5. The van der Waals surface area contributed by atoms with E-state index in [1.165, 1.54) is 0 Å². The van der Waals surface area contributed by atoms with Gasteiger partial charge in [-0.05, 0) is 55.3 Å². The molecule has 0 atom stereocenters. The summed E-state index contributed by atoms with van der Waals surface area (Å²) in [5.74, 6) is -0.201. The average molecular weight is 426 g/mol. The number of pyridine rings is 2. The van der Waals surface area contributed by atoms with Gasteiger partial charge in [0.15, 0.2) is 0 Å². The van der Waals surface area contributed by atoms with Gasteiger partial charge >= 0.3 is 0 Å². The second-order valence-corrected chi connectivity index (χ2v) is 7.39. The lowest BCUT2D eigenvalue weighted by atomic mass is 10.1. The highest BCUT2D eigenvalue weighted by Crippen LogP contribution is 2.25. The van der Waals surface area contributed by atoms with E-state index in [1.54, 1.807) is 30.6 Å². The van der Waals surface area contributed by atoms with Gasteiger partial charge in [0.25, 0.3) is 11.8 Å². The molecule has 32 heavy (non-hydrogen) atoms. The number of carbonyl (C=O) groups is 2. The van der Waals surface area contributed by atoms with E-state index in [1.807, 2.05) is 56.3 Å². The lowest BCUT2D eigenvalue weighted by Crippen LogP contribution is -2.42. The van der Waals surface area contributed by atoms with Crippen LogP contribution in [0.5, 0.6) is 5.75 Å². The highest BCUT2D eigenvalue weighted by Gasteiger charge is 2.14. The first-order valence-electron chi connectivity index (χ1n) is 10.1. The van der Waals surface area contributed by atoms with Gasteiger partial charge < -0.3 is 4.74 Å². The maximum absolute atomic E-state index is 12.6. The number of para-hydroxylation sites is 1. The summed E-state index contributed by atoms with van der Waals surface area (Å²) < 4.78 is 5.93. The monoisotopic (exact) mass is 426 g/mol. The molecule has 0 aliphatic rings. The van der Waals surface area contributed by atoms with Crippen LogP contribution in [0.15, 0.2) is 73.1 Å². The molecule has 4 aromatic rings. The largest absolute Gasteiger partial charge is 0.488 e. The molecular formula is C25H22N4O3. The molecule has 0 bridgehead atoms. The molecule has 2 heterocycles. The molecule has 7 heteroatoms. The van der Waals surface area contributed by atoms with Gasteiger partial charge in [0.05, 0.1) is 5.52 Å². The van der Waals surface area contributed by atoms with Crippen molar-refractivity contribution in [2.45, 2.75) is 20.5 Å². The molecule has 0 saturated carbocycles. The number of nitrogens with one attached hydrogen (secondary N) is 2. The first-order valence-corrected chi connectivity index (χ1v) is 10.1. The summed E-state index contributed by atoms with van der Waals surface area (Å²) in [6.07, 6.45) is 3.46. The Morgan fingerprint density at radius 2 is 1.66 bits per heavy atom. The molecule has 0 spiro atoms. The van der Waals surface area contributed by atoms with E-state index in [0.29, 0.717) is 17.7 Å². The second kappa shape index (κ2) is 9.26. The average Bonchev–Trinajstić information content (AvgIpc) is 2.82. The van der Waals surface area contributed by atoms with Gasteiger partial charge in [0, 0.05) is 28.9 Å². The molecule has 4 rings (SSSR count). The van der Waals surface area contributed by atoms with Gasteiger partial charge in [-0.1, -0.05) is 30.3 Å². The first-order chi connectivity index (χ1) is 15.5. The van der Waals surface area contributed by atoms with Crippen molar-refractivity contribution in [2.75, 3.05) is 0 Å². The molecule has 7 nitrogen and oxygen atoms in total. The molecule has 2 amide bonds. The van der Waals surface area contributed by atoms with Crippen LogP contribution < -0.4 is 15.6 Å². The minimum Gasteiger partial charge on any atom is -0.488 e. The summed E-state index contributed by atoms with van der Waals surface area (Å²) in [4.78, 5) is 33.4. The maximum atomic E-state index is 12.6. The van der Waals surface area contributed by atoms with Crippen molar-refractivity contribution in [1.82, 2.24) is 20.8 Å². The molecular weight excluding hydrogens is 404 g/mol. The Balaban J connectivity index is 1.40. The van der Waals surface area contributed by atoms with Crippen LogP contribution >= 0.6 is 0 Å². The van der Waals surface area contributed by atoms with Crippen molar-refractivity contribution in [3.63, 3.8) is 0 Å². The van der Waals surface area contributed by atoms with Crippen molar-refractivity contribution in [3.8, 4) is 5.75 Å². The number of aryl methyl sites for hydroxylation is 2. The molecule has 2 aromatic heterocycles. The molecule has 0 radical (unpaired) electrons. The Morgan fingerprint density at radius 3 is 2.41 bits per heavy atom. The van der Waals surface area contributed by atoms with Crippen LogP contribution in [0.2, 0.25) is 0 Å². The van der Waals surface area contributed by atoms with E-state index in [-0.39, 0.29) is 5.69 Å². The van der Waals surface area contributed by atoms with E-state index in [9.17, 15) is 9.59 Å². The van der Waals surface area contributed by atoms with Gasteiger partial charge in [-0.15, -0.1) is 0 Å². The molecule has 0 aliphatic carbocycles. The zero-order chi connectivity index (χ0) is 22.5.